The number of halogens is 1. The van der Waals surface area contributed by atoms with Crippen LogP contribution in [0.3, 0.4) is 0 Å². The molecule has 0 saturated heterocycles. The first kappa shape index (κ1) is 14.6. The predicted octanol–water partition coefficient (Wildman–Crippen LogP) is 5.60. The average Bonchev–Trinajstić information content (AvgIpc) is 2.35. The van der Waals surface area contributed by atoms with E-state index in [4.69, 9.17) is 0 Å². The highest BCUT2D eigenvalue weighted by atomic mass is 79.9. The van der Waals surface area contributed by atoms with E-state index < -0.39 is 0 Å². The molecule has 1 aromatic carbocycles. The van der Waals surface area contributed by atoms with E-state index in [9.17, 15) is 0 Å². The molecule has 0 unspecified atom stereocenters. The molecule has 0 bridgehead atoms. The van der Waals surface area contributed by atoms with E-state index in [1.165, 1.54) is 16.0 Å². The van der Waals surface area contributed by atoms with E-state index >= 15 is 0 Å². The minimum atomic E-state index is 0.200. The Bertz CT molecular complexity index is 570. The molecule has 0 N–H and O–H groups in total. The van der Waals surface area contributed by atoms with Crippen molar-refractivity contribution in [2.75, 3.05) is 0 Å². The van der Waals surface area contributed by atoms with E-state index in [0.29, 0.717) is 0 Å². The van der Waals surface area contributed by atoms with Crippen molar-refractivity contribution in [3.05, 3.63) is 52.1 Å². The zero-order chi connectivity index (χ0) is 14.0. The van der Waals surface area contributed by atoms with Crippen LogP contribution in [0.5, 0.6) is 0 Å². The number of aryl methyl sites for hydroxylation is 1. The smallest absolute Gasteiger partial charge is 0.115 e. The molecule has 0 saturated carbocycles. The molecule has 0 amide bonds. The maximum absolute atomic E-state index is 4.42. The summed E-state index contributed by atoms with van der Waals surface area (Å²) in [5.74, 6) is 0. The van der Waals surface area contributed by atoms with Crippen molar-refractivity contribution in [2.45, 2.75) is 43.0 Å². The monoisotopic (exact) mass is 335 g/mol. The highest BCUT2D eigenvalue weighted by Crippen LogP contribution is 2.34. The van der Waals surface area contributed by atoms with Crippen LogP contribution in [0.2, 0.25) is 0 Å². The van der Waals surface area contributed by atoms with Crippen LogP contribution in [0.15, 0.2) is 50.9 Å². The van der Waals surface area contributed by atoms with Gasteiger partial charge in [-0.25, -0.2) is 4.98 Å². The third-order valence-electron chi connectivity index (χ3n) is 2.99. The van der Waals surface area contributed by atoms with Gasteiger partial charge in [0.2, 0.25) is 0 Å². The van der Waals surface area contributed by atoms with Gasteiger partial charge in [-0.15, -0.1) is 0 Å². The average molecular weight is 336 g/mol. The Balaban J connectivity index is 2.23. The second kappa shape index (κ2) is 5.68. The summed E-state index contributed by atoms with van der Waals surface area (Å²) in [7, 11) is 0. The minimum absolute atomic E-state index is 0.200. The van der Waals surface area contributed by atoms with Crippen LogP contribution in [0.1, 0.15) is 31.9 Å². The SMILES string of the molecule is Cc1ccnc(Sc2ccc(C(C)(C)C)cc2)c1Br. The molecule has 0 spiro atoms. The Morgan fingerprint density at radius 1 is 1.05 bits per heavy atom. The first-order chi connectivity index (χ1) is 8.88. The van der Waals surface area contributed by atoms with Crippen molar-refractivity contribution in [1.29, 1.82) is 0 Å². The zero-order valence-corrected chi connectivity index (χ0v) is 14.1. The normalized spacial score (nSPS) is 11.6. The van der Waals surface area contributed by atoms with Crippen LogP contribution >= 0.6 is 27.7 Å². The number of aromatic nitrogens is 1. The summed E-state index contributed by atoms with van der Waals surface area (Å²) >= 11 is 5.29. The lowest BCUT2D eigenvalue weighted by Gasteiger charge is -2.19. The van der Waals surface area contributed by atoms with E-state index in [0.717, 1.165) is 9.50 Å². The summed E-state index contributed by atoms with van der Waals surface area (Å²) in [6, 6.07) is 10.7. The second-order valence-corrected chi connectivity index (χ2v) is 7.48. The Kier molecular flexibility index (Phi) is 4.36. The van der Waals surface area contributed by atoms with Crippen LogP contribution in [0.4, 0.5) is 0 Å². The van der Waals surface area contributed by atoms with Crippen LogP contribution in [-0.2, 0) is 5.41 Å². The van der Waals surface area contributed by atoms with Gasteiger partial charge >= 0.3 is 0 Å². The highest BCUT2D eigenvalue weighted by molar-refractivity contribution is 9.10. The number of nitrogens with zero attached hydrogens (tertiary/aromatic N) is 1. The third-order valence-corrected chi connectivity index (χ3v) is 5.26. The van der Waals surface area contributed by atoms with E-state index in [-0.39, 0.29) is 5.41 Å². The van der Waals surface area contributed by atoms with E-state index in [1.807, 2.05) is 12.3 Å². The molecule has 19 heavy (non-hydrogen) atoms. The number of hydrogen-bond acceptors (Lipinski definition) is 2. The molecule has 2 aromatic rings. The molecule has 0 aliphatic carbocycles. The van der Waals surface area contributed by atoms with Crippen molar-refractivity contribution < 1.29 is 0 Å². The maximum atomic E-state index is 4.42. The topological polar surface area (TPSA) is 12.9 Å². The zero-order valence-electron chi connectivity index (χ0n) is 11.7. The largest absolute Gasteiger partial charge is 0.248 e. The van der Waals surface area contributed by atoms with Crippen LogP contribution < -0.4 is 0 Å². The molecule has 1 heterocycles. The Labute approximate surface area is 128 Å². The molecule has 0 radical (unpaired) electrons. The molecular formula is C16H18BrNS. The van der Waals surface area contributed by atoms with Gasteiger partial charge in [0.05, 0.1) is 4.47 Å². The summed E-state index contributed by atoms with van der Waals surface area (Å²) in [5, 5.41) is 1.02. The quantitative estimate of drug-likeness (QED) is 0.708. The van der Waals surface area contributed by atoms with Gasteiger partial charge in [0.1, 0.15) is 5.03 Å². The molecule has 2 rings (SSSR count). The molecule has 1 nitrogen and oxygen atoms in total. The van der Waals surface area contributed by atoms with Gasteiger partial charge in [-0.1, -0.05) is 44.7 Å². The first-order valence-electron chi connectivity index (χ1n) is 6.27. The van der Waals surface area contributed by atoms with Crippen LogP contribution in [0, 0.1) is 6.92 Å². The Morgan fingerprint density at radius 2 is 1.68 bits per heavy atom. The van der Waals surface area contributed by atoms with Crippen molar-refractivity contribution in [3.8, 4) is 0 Å². The molecule has 0 atom stereocenters. The van der Waals surface area contributed by atoms with Crippen LogP contribution in [0.25, 0.3) is 0 Å². The first-order valence-corrected chi connectivity index (χ1v) is 7.88. The fraction of sp³-hybridized carbons (Fsp3) is 0.312. The molecular weight excluding hydrogens is 318 g/mol. The lowest BCUT2D eigenvalue weighted by Crippen LogP contribution is -2.10. The fourth-order valence-electron chi connectivity index (χ4n) is 1.72. The van der Waals surface area contributed by atoms with Gasteiger partial charge in [-0.05, 0) is 57.6 Å². The number of pyridine rings is 1. The number of rotatable bonds is 2. The standard InChI is InChI=1S/C16H18BrNS/c1-11-9-10-18-15(14(11)17)19-13-7-5-12(6-8-13)16(2,3)4/h5-10H,1-4H3. The maximum Gasteiger partial charge on any atom is 0.115 e. The molecule has 0 aliphatic rings. The lowest BCUT2D eigenvalue weighted by atomic mass is 9.87. The van der Waals surface area contributed by atoms with Gasteiger partial charge in [0, 0.05) is 11.1 Å². The fourth-order valence-corrected chi connectivity index (χ4v) is 3.06. The predicted molar refractivity (Wildman–Crippen MR) is 85.9 cm³/mol. The van der Waals surface area contributed by atoms with Gasteiger partial charge in [0.25, 0.3) is 0 Å². The Morgan fingerprint density at radius 3 is 2.26 bits per heavy atom. The molecule has 0 aliphatic heterocycles. The van der Waals surface area contributed by atoms with Gasteiger partial charge < -0.3 is 0 Å². The van der Waals surface area contributed by atoms with Gasteiger partial charge in [-0.2, -0.15) is 0 Å². The number of hydrogen-bond donors (Lipinski definition) is 0. The second-order valence-electron chi connectivity index (χ2n) is 5.62. The summed E-state index contributed by atoms with van der Waals surface area (Å²) in [5.41, 5.74) is 2.77. The molecule has 0 fully saturated rings. The molecule has 1 aromatic heterocycles. The van der Waals surface area contributed by atoms with Gasteiger partial charge in [0.15, 0.2) is 0 Å². The van der Waals surface area contributed by atoms with Crippen molar-refractivity contribution in [1.82, 2.24) is 4.98 Å². The van der Waals surface area contributed by atoms with Gasteiger partial charge in [-0.3, -0.25) is 0 Å². The Hall–Kier alpha value is -0.800. The molecule has 100 valence electrons. The summed E-state index contributed by atoms with van der Waals surface area (Å²) < 4.78 is 1.08. The lowest BCUT2D eigenvalue weighted by molar-refractivity contribution is 0.590. The minimum Gasteiger partial charge on any atom is -0.248 e. The van der Waals surface area contributed by atoms with Crippen molar-refractivity contribution in [3.63, 3.8) is 0 Å². The van der Waals surface area contributed by atoms with Crippen LogP contribution in [-0.4, -0.2) is 4.98 Å². The summed E-state index contributed by atoms with van der Waals surface area (Å²) in [6.07, 6.45) is 1.85. The number of benzene rings is 1. The third kappa shape index (κ3) is 3.61. The summed E-state index contributed by atoms with van der Waals surface area (Å²) in [6.45, 7) is 8.77. The van der Waals surface area contributed by atoms with E-state index in [1.54, 1.807) is 11.8 Å². The van der Waals surface area contributed by atoms with E-state index in [2.05, 4.69) is 72.9 Å². The molecule has 3 heteroatoms. The van der Waals surface area contributed by atoms with Crippen molar-refractivity contribution in [2.24, 2.45) is 0 Å². The van der Waals surface area contributed by atoms with Crippen molar-refractivity contribution >= 4 is 27.7 Å². The highest BCUT2D eigenvalue weighted by Gasteiger charge is 2.13. The summed E-state index contributed by atoms with van der Waals surface area (Å²) in [4.78, 5) is 5.64.